The molecule has 2 saturated heterocycles. The van der Waals surface area contributed by atoms with Gasteiger partial charge in [0.2, 0.25) is 0 Å². The van der Waals surface area contributed by atoms with Gasteiger partial charge in [-0.25, -0.2) is 9.18 Å². The van der Waals surface area contributed by atoms with Crippen LogP contribution in [0.1, 0.15) is 12.0 Å². The van der Waals surface area contributed by atoms with Gasteiger partial charge in [0, 0.05) is 43.8 Å². The molecule has 1 aromatic heterocycles. The molecule has 2 amide bonds. The van der Waals surface area contributed by atoms with Crippen LogP contribution in [0.15, 0.2) is 30.6 Å². The standard InChI is InChI=1S/C19H19Cl2FN4O/c1-11-2-3-13(5-17(11)22)24-19(27)25-8-12-4-14(10-25)26(9-12)18-15(20)6-23-7-16(18)21/h2-3,5-7,12,14H,4,8-10H2,1H3,(H,24,27). The van der Waals surface area contributed by atoms with Gasteiger partial charge in [-0.15, -0.1) is 0 Å². The van der Waals surface area contributed by atoms with Gasteiger partial charge in [-0.2, -0.15) is 0 Å². The number of halogens is 3. The highest BCUT2D eigenvalue weighted by molar-refractivity contribution is 6.38. The van der Waals surface area contributed by atoms with Gasteiger partial charge in [0.15, 0.2) is 0 Å². The van der Waals surface area contributed by atoms with Crippen LogP contribution >= 0.6 is 23.2 Å². The number of piperidine rings is 1. The van der Waals surface area contributed by atoms with Crippen LogP contribution in [0, 0.1) is 18.7 Å². The van der Waals surface area contributed by atoms with Crippen molar-refractivity contribution in [3.8, 4) is 0 Å². The van der Waals surface area contributed by atoms with Gasteiger partial charge < -0.3 is 15.1 Å². The Morgan fingerprint density at radius 2 is 1.96 bits per heavy atom. The van der Waals surface area contributed by atoms with E-state index in [9.17, 15) is 9.18 Å². The quantitative estimate of drug-likeness (QED) is 0.790. The molecular formula is C19H19Cl2FN4O. The number of urea groups is 1. The Morgan fingerprint density at radius 1 is 1.22 bits per heavy atom. The summed E-state index contributed by atoms with van der Waals surface area (Å²) in [6.07, 6.45) is 4.15. The minimum atomic E-state index is -0.334. The number of benzene rings is 1. The minimum Gasteiger partial charge on any atom is -0.364 e. The first kappa shape index (κ1) is 18.3. The zero-order valence-electron chi connectivity index (χ0n) is 14.8. The summed E-state index contributed by atoms with van der Waals surface area (Å²) in [5.41, 5.74) is 1.78. The molecule has 3 heterocycles. The number of carbonyl (C=O) groups is 1. The van der Waals surface area contributed by atoms with Crippen molar-refractivity contribution < 1.29 is 9.18 Å². The molecule has 2 fully saturated rings. The highest BCUT2D eigenvalue weighted by Gasteiger charge is 2.41. The number of likely N-dealkylation sites (tertiary alicyclic amines) is 1. The van der Waals surface area contributed by atoms with Crippen molar-refractivity contribution in [3.05, 3.63) is 52.0 Å². The molecule has 2 atom stereocenters. The van der Waals surface area contributed by atoms with Crippen molar-refractivity contribution in [1.29, 1.82) is 0 Å². The zero-order chi connectivity index (χ0) is 19.1. The second kappa shape index (κ2) is 7.17. The van der Waals surface area contributed by atoms with E-state index in [0.717, 1.165) is 18.7 Å². The molecule has 0 saturated carbocycles. The summed E-state index contributed by atoms with van der Waals surface area (Å²) >= 11 is 12.6. The number of fused-ring (bicyclic) bond motifs is 2. The summed E-state index contributed by atoms with van der Waals surface area (Å²) in [4.78, 5) is 20.6. The summed E-state index contributed by atoms with van der Waals surface area (Å²) in [6.45, 7) is 3.68. The number of hydrogen-bond acceptors (Lipinski definition) is 3. The number of pyridine rings is 1. The second-order valence-electron chi connectivity index (χ2n) is 7.16. The van der Waals surface area contributed by atoms with Gasteiger partial charge in [0.1, 0.15) is 5.82 Å². The fourth-order valence-corrected chi connectivity index (χ4v) is 4.53. The van der Waals surface area contributed by atoms with Gasteiger partial charge in [0.05, 0.1) is 15.7 Å². The van der Waals surface area contributed by atoms with Crippen LogP contribution in [0.2, 0.25) is 10.0 Å². The third-order valence-electron chi connectivity index (χ3n) is 5.24. The summed E-state index contributed by atoms with van der Waals surface area (Å²) in [5, 5.41) is 3.82. The average molecular weight is 409 g/mol. The van der Waals surface area contributed by atoms with Crippen molar-refractivity contribution in [3.63, 3.8) is 0 Å². The molecule has 2 aromatic rings. The average Bonchev–Trinajstić information content (AvgIpc) is 2.91. The number of aromatic nitrogens is 1. The van der Waals surface area contributed by atoms with Crippen LogP contribution in [-0.2, 0) is 0 Å². The van der Waals surface area contributed by atoms with E-state index in [-0.39, 0.29) is 17.9 Å². The van der Waals surface area contributed by atoms with Crippen molar-refractivity contribution in [2.45, 2.75) is 19.4 Å². The molecule has 0 spiro atoms. The van der Waals surface area contributed by atoms with Crippen LogP contribution in [0.4, 0.5) is 20.6 Å². The van der Waals surface area contributed by atoms with Crippen molar-refractivity contribution in [2.24, 2.45) is 5.92 Å². The number of rotatable bonds is 2. The first-order valence-electron chi connectivity index (χ1n) is 8.80. The van der Waals surface area contributed by atoms with Crippen LogP contribution in [0.25, 0.3) is 0 Å². The number of nitrogens with zero attached hydrogens (tertiary/aromatic N) is 3. The van der Waals surface area contributed by atoms with E-state index in [0.29, 0.717) is 40.3 Å². The highest BCUT2D eigenvalue weighted by Crippen LogP contribution is 2.40. The molecule has 2 unspecified atom stereocenters. The maximum atomic E-state index is 13.7. The van der Waals surface area contributed by atoms with Crippen molar-refractivity contribution in [1.82, 2.24) is 9.88 Å². The van der Waals surface area contributed by atoms with Gasteiger partial charge in [-0.05, 0) is 37.0 Å². The smallest absolute Gasteiger partial charge is 0.321 e. The van der Waals surface area contributed by atoms with E-state index in [1.54, 1.807) is 36.4 Å². The Kier molecular flexibility index (Phi) is 4.86. The number of hydrogen-bond donors (Lipinski definition) is 1. The first-order valence-corrected chi connectivity index (χ1v) is 9.55. The van der Waals surface area contributed by atoms with E-state index in [4.69, 9.17) is 23.2 Å². The lowest BCUT2D eigenvalue weighted by Crippen LogP contribution is -2.47. The first-order chi connectivity index (χ1) is 12.9. The summed E-state index contributed by atoms with van der Waals surface area (Å²) in [7, 11) is 0. The van der Waals surface area contributed by atoms with Gasteiger partial charge in [-0.3, -0.25) is 4.98 Å². The topological polar surface area (TPSA) is 48.5 Å². The molecule has 2 bridgehead atoms. The highest BCUT2D eigenvalue weighted by atomic mass is 35.5. The predicted octanol–water partition coefficient (Wildman–Crippen LogP) is 4.58. The number of anilines is 2. The molecule has 1 aromatic carbocycles. The third-order valence-corrected chi connectivity index (χ3v) is 5.79. The maximum Gasteiger partial charge on any atom is 0.321 e. The molecule has 2 aliphatic rings. The predicted molar refractivity (Wildman–Crippen MR) is 105 cm³/mol. The minimum absolute atomic E-state index is 0.140. The Morgan fingerprint density at radius 3 is 2.67 bits per heavy atom. The number of aryl methyl sites for hydroxylation is 1. The zero-order valence-corrected chi connectivity index (χ0v) is 16.3. The van der Waals surface area contributed by atoms with Crippen LogP contribution in [-0.4, -0.2) is 41.6 Å². The number of amides is 2. The molecule has 2 aliphatic heterocycles. The van der Waals surface area contributed by atoms with Crippen molar-refractivity contribution in [2.75, 3.05) is 29.9 Å². The van der Waals surface area contributed by atoms with Crippen molar-refractivity contribution >= 4 is 40.6 Å². The summed E-state index contributed by atoms with van der Waals surface area (Å²) in [5.74, 6) is 0.00390. The number of nitrogens with one attached hydrogen (secondary N) is 1. The molecule has 0 radical (unpaired) electrons. The molecule has 4 rings (SSSR count). The fourth-order valence-electron chi connectivity index (χ4n) is 3.95. The Labute approximate surface area is 167 Å². The molecule has 8 heteroatoms. The molecule has 0 aliphatic carbocycles. The molecule has 142 valence electrons. The normalized spacial score (nSPS) is 21.5. The van der Waals surface area contributed by atoms with E-state index < -0.39 is 0 Å². The van der Waals surface area contributed by atoms with Crippen LogP contribution in [0.5, 0.6) is 0 Å². The molecule has 5 nitrogen and oxygen atoms in total. The molecular weight excluding hydrogens is 390 g/mol. The monoisotopic (exact) mass is 408 g/mol. The summed E-state index contributed by atoms with van der Waals surface area (Å²) in [6, 6.07) is 4.62. The largest absolute Gasteiger partial charge is 0.364 e. The summed E-state index contributed by atoms with van der Waals surface area (Å²) < 4.78 is 13.7. The Balaban J connectivity index is 1.49. The number of carbonyl (C=O) groups excluding carboxylic acids is 1. The van der Waals surface area contributed by atoms with Gasteiger partial charge in [-0.1, -0.05) is 29.3 Å². The molecule has 27 heavy (non-hydrogen) atoms. The molecule has 1 N–H and O–H groups in total. The van der Waals surface area contributed by atoms with E-state index in [1.165, 1.54) is 6.07 Å². The SMILES string of the molecule is Cc1ccc(NC(=O)N2CC3CC(C2)N(c2c(Cl)cncc2Cl)C3)cc1F. The van der Waals surface area contributed by atoms with E-state index in [2.05, 4.69) is 15.2 Å². The lowest BCUT2D eigenvalue weighted by molar-refractivity contribution is 0.187. The van der Waals surface area contributed by atoms with Crippen LogP contribution < -0.4 is 10.2 Å². The Bertz CT molecular complexity index is 874. The maximum absolute atomic E-state index is 13.7. The van der Waals surface area contributed by atoms with Gasteiger partial charge >= 0.3 is 6.03 Å². The van der Waals surface area contributed by atoms with E-state index in [1.807, 2.05) is 0 Å². The Hall–Kier alpha value is -2.05. The van der Waals surface area contributed by atoms with E-state index >= 15 is 0 Å². The second-order valence-corrected chi connectivity index (χ2v) is 7.97. The lowest BCUT2D eigenvalue weighted by Gasteiger charge is -2.33. The third kappa shape index (κ3) is 3.56. The van der Waals surface area contributed by atoms with Gasteiger partial charge in [0.25, 0.3) is 0 Å². The fraction of sp³-hybridized carbons (Fsp3) is 0.368. The van der Waals surface area contributed by atoms with Crippen LogP contribution in [0.3, 0.4) is 0 Å². The lowest BCUT2D eigenvalue weighted by atomic mass is 10.0.